The highest BCUT2D eigenvalue weighted by atomic mass is 16.2. The maximum absolute atomic E-state index is 12.5. The van der Waals surface area contributed by atoms with Gasteiger partial charge in [-0.25, -0.2) is 0 Å². The lowest BCUT2D eigenvalue weighted by Crippen LogP contribution is -2.47. The van der Waals surface area contributed by atoms with Gasteiger partial charge < -0.3 is 10.6 Å². The summed E-state index contributed by atoms with van der Waals surface area (Å²) >= 11 is 0. The van der Waals surface area contributed by atoms with Crippen LogP contribution in [0.3, 0.4) is 0 Å². The fourth-order valence-electron chi connectivity index (χ4n) is 3.00. The lowest BCUT2D eigenvalue weighted by molar-refractivity contribution is -0.126. The van der Waals surface area contributed by atoms with Crippen LogP contribution < -0.4 is 10.6 Å². The molecule has 0 bridgehead atoms. The largest absolute Gasteiger partial charge is 0.344 e. The molecule has 0 saturated heterocycles. The fourth-order valence-corrected chi connectivity index (χ4v) is 3.00. The quantitative estimate of drug-likeness (QED) is 0.875. The van der Waals surface area contributed by atoms with Crippen LogP contribution in [-0.2, 0) is 16.0 Å². The Hall–Kier alpha value is -1.84. The van der Waals surface area contributed by atoms with E-state index in [-0.39, 0.29) is 17.7 Å². The highest BCUT2D eigenvalue weighted by Crippen LogP contribution is 2.28. The van der Waals surface area contributed by atoms with Gasteiger partial charge in [0.1, 0.15) is 6.04 Å². The molecular weight excluding hydrogens is 264 g/mol. The molecule has 0 heterocycles. The Morgan fingerprint density at radius 2 is 2.00 bits per heavy atom. The highest BCUT2D eigenvalue weighted by molar-refractivity contribution is 5.97. The van der Waals surface area contributed by atoms with Gasteiger partial charge in [-0.15, -0.1) is 0 Å². The fraction of sp³-hybridized carbons (Fsp3) is 0.529. The second-order valence-electron chi connectivity index (χ2n) is 5.77. The number of benzene rings is 1. The summed E-state index contributed by atoms with van der Waals surface area (Å²) in [6.45, 7) is 3.55. The van der Waals surface area contributed by atoms with Crippen LogP contribution in [0.4, 0.5) is 5.69 Å². The molecule has 2 amide bonds. The molecule has 1 atom stereocenters. The van der Waals surface area contributed by atoms with Crippen molar-refractivity contribution >= 4 is 17.5 Å². The van der Waals surface area contributed by atoms with E-state index in [1.165, 1.54) is 12.5 Å². The van der Waals surface area contributed by atoms with Gasteiger partial charge in [-0.1, -0.05) is 31.9 Å². The van der Waals surface area contributed by atoms with E-state index in [9.17, 15) is 9.59 Å². The Balaban J connectivity index is 2.07. The molecule has 1 fully saturated rings. The van der Waals surface area contributed by atoms with Gasteiger partial charge in [0.2, 0.25) is 11.8 Å². The van der Waals surface area contributed by atoms with E-state index in [0.717, 1.165) is 37.8 Å². The van der Waals surface area contributed by atoms with Crippen molar-refractivity contribution in [2.45, 2.75) is 52.0 Å². The predicted molar refractivity (Wildman–Crippen MR) is 84.0 cm³/mol. The Labute approximate surface area is 126 Å². The lowest BCUT2D eigenvalue weighted by atomic mass is 9.97. The normalized spacial score (nSPS) is 16.5. The van der Waals surface area contributed by atoms with Crippen LogP contribution in [0.25, 0.3) is 0 Å². The summed E-state index contributed by atoms with van der Waals surface area (Å²) in [7, 11) is 0. The zero-order valence-corrected chi connectivity index (χ0v) is 12.8. The maximum Gasteiger partial charge on any atom is 0.247 e. The van der Waals surface area contributed by atoms with Crippen molar-refractivity contribution in [2.75, 3.05) is 5.32 Å². The number of hydrogen-bond donors (Lipinski definition) is 2. The summed E-state index contributed by atoms with van der Waals surface area (Å²) in [4.78, 5) is 23.9. The van der Waals surface area contributed by atoms with Crippen molar-refractivity contribution in [3.63, 3.8) is 0 Å². The van der Waals surface area contributed by atoms with Crippen molar-refractivity contribution in [2.24, 2.45) is 5.92 Å². The van der Waals surface area contributed by atoms with Gasteiger partial charge in [-0.05, 0) is 42.9 Å². The first kappa shape index (κ1) is 15.5. The maximum atomic E-state index is 12.5. The Morgan fingerprint density at radius 3 is 2.62 bits per heavy atom. The minimum atomic E-state index is -0.421. The minimum Gasteiger partial charge on any atom is -0.344 e. The van der Waals surface area contributed by atoms with Crippen LogP contribution in [0.15, 0.2) is 24.3 Å². The van der Waals surface area contributed by atoms with Gasteiger partial charge in [-0.3, -0.25) is 9.59 Å². The molecule has 1 saturated carbocycles. The number of aryl methyl sites for hydroxylation is 1. The van der Waals surface area contributed by atoms with Crippen molar-refractivity contribution in [1.82, 2.24) is 5.32 Å². The monoisotopic (exact) mass is 288 g/mol. The molecule has 4 heteroatoms. The molecule has 4 nitrogen and oxygen atoms in total. The minimum absolute atomic E-state index is 0.106. The molecule has 21 heavy (non-hydrogen) atoms. The van der Waals surface area contributed by atoms with E-state index in [1.807, 2.05) is 24.3 Å². The third-order valence-electron chi connectivity index (χ3n) is 4.12. The molecule has 1 unspecified atom stereocenters. The zero-order chi connectivity index (χ0) is 15.2. The highest BCUT2D eigenvalue weighted by Gasteiger charge is 2.31. The standard InChI is InChI=1S/C17H24N2O2/c1-3-13-7-6-10-15(11-13)19-17(21)16(18-12(2)20)14-8-4-5-9-14/h6-7,10-11,14,16H,3-5,8-9H2,1-2H3,(H,18,20)(H,19,21). The Bertz CT molecular complexity index is 507. The molecule has 0 aliphatic heterocycles. The summed E-state index contributed by atoms with van der Waals surface area (Å²) in [5.41, 5.74) is 1.98. The number of rotatable bonds is 5. The van der Waals surface area contributed by atoms with Gasteiger partial charge in [-0.2, -0.15) is 0 Å². The predicted octanol–water partition coefficient (Wildman–Crippen LogP) is 2.88. The van der Waals surface area contributed by atoms with Crippen LogP contribution >= 0.6 is 0 Å². The van der Waals surface area contributed by atoms with Crippen LogP contribution in [0.2, 0.25) is 0 Å². The summed E-state index contributed by atoms with van der Waals surface area (Å²) < 4.78 is 0. The Morgan fingerprint density at radius 1 is 1.29 bits per heavy atom. The van der Waals surface area contributed by atoms with Crippen molar-refractivity contribution < 1.29 is 9.59 Å². The summed E-state index contributed by atoms with van der Waals surface area (Å²) in [6, 6.07) is 7.43. The molecule has 0 radical (unpaired) electrons. The SMILES string of the molecule is CCc1cccc(NC(=O)C(NC(C)=O)C2CCCC2)c1. The number of amides is 2. The molecule has 1 aromatic carbocycles. The molecular formula is C17H24N2O2. The van der Waals surface area contributed by atoms with Gasteiger partial charge in [0.25, 0.3) is 0 Å². The average Bonchev–Trinajstić information content (AvgIpc) is 2.98. The van der Waals surface area contributed by atoms with E-state index < -0.39 is 6.04 Å². The van der Waals surface area contributed by atoms with E-state index in [2.05, 4.69) is 17.6 Å². The zero-order valence-electron chi connectivity index (χ0n) is 12.8. The third-order valence-corrected chi connectivity index (χ3v) is 4.12. The second kappa shape index (κ2) is 7.25. The Kier molecular flexibility index (Phi) is 5.37. The second-order valence-corrected chi connectivity index (χ2v) is 5.77. The molecule has 2 rings (SSSR count). The number of carbonyl (C=O) groups excluding carboxylic acids is 2. The first-order chi connectivity index (χ1) is 10.1. The average molecular weight is 288 g/mol. The van der Waals surface area contributed by atoms with E-state index in [1.54, 1.807) is 0 Å². The van der Waals surface area contributed by atoms with E-state index >= 15 is 0 Å². The van der Waals surface area contributed by atoms with Gasteiger partial charge in [0.15, 0.2) is 0 Å². The summed E-state index contributed by atoms with van der Waals surface area (Å²) in [5, 5.41) is 5.76. The molecule has 2 N–H and O–H groups in total. The third kappa shape index (κ3) is 4.31. The van der Waals surface area contributed by atoms with Crippen molar-refractivity contribution in [3.8, 4) is 0 Å². The van der Waals surface area contributed by atoms with Crippen LogP contribution in [0.5, 0.6) is 0 Å². The van der Waals surface area contributed by atoms with E-state index in [4.69, 9.17) is 0 Å². The molecule has 0 spiro atoms. The molecule has 114 valence electrons. The molecule has 1 aliphatic carbocycles. The number of nitrogens with one attached hydrogen (secondary N) is 2. The molecule has 1 aliphatic rings. The number of anilines is 1. The molecule has 0 aromatic heterocycles. The van der Waals surface area contributed by atoms with Gasteiger partial charge in [0.05, 0.1) is 0 Å². The smallest absolute Gasteiger partial charge is 0.247 e. The number of hydrogen-bond acceptors (Lipinski definition) is 2. The molecule has 1 aromatic rings. The first-order valence-corrected chi connectivity index (χ1v) is 7.77. The lowest BCUT2D eigenvalue weighted by Gasteiger charge is -2.23. The van der Waals surface area contributed by atoms with Crippen LogP contribution in [-0.4, -0.2) is 17.9 Å². The summed E-state index contributed by atoms with van der Waals surface area (Å²) in [6.07, 6.45) is 5.22. The van der Waals surface area contributed by atoms with Gasteiger partial charge in [0, 0.05) is 12.6 Å². The van der Waals surface area contributed by atoms with Crippen LogP contribution in [0.1, 0.15) is 45.1 Å². The topological polar surface area (TPSA) is 58.2 Å². The van der Waals surface area contributed by atoms with Crippen molar-refractivity contribution in [3.05, 3.63) is 29.8 Å². The van der Waals surface area contributed by atoms with E-state index in [0.29, 0.717) is 0 Å². The summed E-state index contributed by atoms with van der Waals surface area (Å²) in [5.74, 6) is -0.00188. The number of carbonyl (C=O) groups is 2. The van der Waals surface area contributed by atoms with Gasteiger partial charge >= 0.3 is 0 Å². The van der Waals surface area contributed by atoms with Crippen LogP contribution in [0, 0.1) is 5.92 Å². The first-order valence-electron chi connectivity index (χ1n) is 7.77. The van der Waals surface area contributed by atoms with Crippen molar-refractivity contribution in [1.29, 1.82) is 0 Å².